The lowest BCUT2D eigenvalue weighted by Gasteiger charge is -2.47. The zero-order valence-corrected chi connectivity index (χ0v) is 18.6. The fourth-order valence-corrected chi connectivity index (χ4v) is 3.32. The number of methoxy groups -OCH3 is 2. The highest BCUT2D eigenvalue weighted by Crippen LogP contribution is 2.41. The summed E-state index contributed by atoms with van der Waals surface area (Å²) in [5.41, 5.74) is 0. The first kappa shape index (κ1) is 24.9. The topological polar surface area (TPSA) is 89.7 Å². The van der Waals surface area contributed by atoms with Gasteiger partial charge in [-0.2, -0.15) is 0 Å². The van der Waals surface area contributed by atoms with Crippen molar-refractivity contribution in [1.29, 1.82) is 0 Å². The van der Waals surface area contributed by atoms with Crippen molar-refractivity contribution in [3.05, 3.63) is 0 Å². The summed E-state index contributed by atoms with van der Waals surface area (Å²) in [5, 5.41) is 0. The van der Waals surface area contributed by atoms with Crippen molar-refractivity contribution in [2.24, 2.45) is 0 Å². The lowest BCUT2D eigenvalue weighted by atomic mass is 10.1. The Balaban J connectivity index is 2.40. The first-order valence-corrected chi connectivity index (χ1v) is 10.5. The number of hydrogen-bond acceptors (Lipinski definition) is 9. The summed E-state index contributed by atoms with van der Waals surface area (Å²) >= 11 is 0. The highest BCUT2D eigenvalue weighted by molar-refractivity contribution is 4.91. The molecule has 0 N–H and O–H groups in total. The minimum Gasteiger partial charge on any atom is -0.373 e. The Kier molecular flexibility index (Phi) is 10.2. The van der Waals surface area contributed by atoms with Gasteiger partial charge in [-0.3, -0.25) is 0 Å². The molecule has 9 heteroatoms. The third-order valence-electron chi connectivity index (χ3n) is 4.86. The van der Waals surface area contributed by atoms with Crippen molar-refractivity contribution in [1.82, 2.24) is 0 Å². The molecule has 2 aliphatic rings. The predicted octanol–water partition coefficient (Wildman–Crippen LogP) is 2.06. The van der Waals surface area contributed by atoms with Gasteiger partial charge in [0.15, 0.2) is 0 Å². The molecule has 29 heavy (non-hydrogen) atoms. The summed E-state index contributed by atoms with van der Waals surface area (Å²) in [6.45, 7) is 10.5. The van der Waals surface area contributed by atoms with Gasteiger partial charge in [0.2, 0.25) is 24.2 Å². The molecule has 0 aromatic heterocycles. The van der Waals surface area contributed by atoms with E-state index >= 15 is 0 Å². The van der Waals surface area contributed by atoms with E-state index in [1.165, 1.54) is 0 Å². The molecule has 0 aromatic carbocycles. The fourth-order valence-electron chi connectivity index (χ4n) is 3.32. The molecule has 4 atom stereocenters. The lowest BCUT2D eigenvalue weighted by Crippen LogP contribution is -2.61. The van der Waals surface area contributed by atoms with Gasteiger partial charge < -0.3 is 42.6 Å². The summed E-state index contributed by atoms with van der Waals surface area (Å²) < 4.78 is 53.0. The Labute approximate surface area is 174 Å². The molecule has 9 nitrogen and oxygen atoms in total. The second-order valence-electron chi connectivity index (χ2n) is 6.94. The maximum Gasteiger partial charge on any atom is 0.225 e. The molecule has 2 rings (SSSR count). The molecule has 0 bridgehead atoms. The van der Waals surface area contributed by atoms with E-state index in [1.807, 2.05) is 27.7 Å². The van der Waals surface area contributed by atoms with Crippen molar-refractivity contribution in [3.8, 4) is 0 Å². The summed E-state index contributed by atoms with van der Waals surface area (Å²) in [6.07, 6.45) is -0.771. The molecule has 0 amide bonds. The molecule has 2 aliphatic heterocycles. The molecular weight excluding hydrogens is 384 g/mol. The monoisotopic (exact) mass is 422 g/mol. The third-order valence-corrected chi connectivity index (χ3v) is 4.86. The Bertz CT molecular complexity index is 405. The Morgan fingerprint density at radius 2 is 1.00 bits per heavy atom. The van der Waals surface area contributed by atoms with Gasteiger partial charge >= 0.3 is 0 Å². The highest BCUT2D eigenvalue weighted by atomic mass is 16.8. The van der Waals surface area contributed by atoms with E-state index in [1.54, 1.807) is 14.2 Å². The van der Waals surface area contributed by atoms with Crippen LogP contribution < -0.4 is 0 Å². The zero-order chi connectivity index (χ0) is 21.3. The van der Waals surface area contributed by atoms with Crippen molar-refractivity contribution >= 4 is 0 Å². The quantitative estimate of drug-likeness (QED) is 0.243. The van der Waals surface area contributed by atoms with Crippen molar-refractivity contribution in [2.45, 2.75) is 76.9 Å². The molecule has 4 unspecified atom stereocenters. The van der Waals surface area contributed by atoms with Crippen LogP contribution >= 0.6 is 0 Å². The van der Waals surface area contributed by atoms with Crippen molar-refractivity contribution < 1.29 is 42.6 Å². The SMILES string of the molecule is CCOC(OCC)C(CC1CO1)(OC)OC(CC1CO1)(OC)C(OCC)OCC. The van der Waals surface area contributed by atoms with E-state index in [0.29, 0.717) is 52.5 Å². The van der Waals surface area contributed by atoms with Crippen LogP contribution in [0.25, 0.3) is 0 Å². The Morgan fingerprint density at radius 3 is 1.21 bits per heavy atom. The lowest BCUT2D eigenvalue weighted by molar-refractivity contribution is -0.449. The van der Waals surface area contributed by atoms with Crippen LogP contribution in [0.1, 0.15) is 40.5 Å². The molecule has 2 heterocycles. The summed E-state index contributed by atoms with van der Waals surface area (Å²) in [7, 11) is 3.13. The van der Waals surface area contributed by atoms with Crippen molar-refractivity contribution in [2.75, 3.05) is 53.9 Å². The smallest absolute Gasteiger partial charge is 0.225 e. The summed E-state index contributed by atoms with van der Waals surface area (Å²) in [5.74, 6) is -2.57. The van der Waals surface area contributed by atoms with Gasteiger partial charge in [-0.25, -0.2) is 0 Å². The second-order valence-corrected chi connectivity index (χ2v) is 6.94. The van der Waals surface area contributed by atoms with Crippen LogP contribution in [0.4, 0.5) is 0 Å². The van der Waals surface area contributed by atoms with E-state index in [0.717, 1.165) is 0 Å². The van der Waals surface area contributed by atoms with Gasteiger partial charge in [-0.05, 0) is 27.7 Å². The second kappa shape index (κ2) is 11.9. The molecular formula is C20H38O9. The number of hydrogen-bond donors (Lipinski definition) is 0. The first-order chi connectivity index (χ1) is 14.0. The molecule has 0 saturated carbocycles. The molecule has 2 saturated heterocycles. The normalized spacial score (nSPS) is 25.2. The predicted molar refractivity (Wildman–Crippen MR) is 103 cm³/mol. The molecule has 2 fully saturated rings. The van der Waals surface area contributed by atoms with Gasteiger partial charge in [0.25, 0.3) is 0 Å². The Morgan fingerprint density at radius 1 is 0.690 bits per heavy atom. The van der Waals surface area contributed by atoms with Crippen molar-refractivity contribution in [3.63, 3.8) is 0 Å². The van der Waals surface area contributed by atoms with Crippen LogP contribution in [0.5, 0.6) is 0 Å². The number of epoxide rings is 2. The highest BCUT2D eigenvalue weighted by Gasteiger charge is 2.57. The van der Waals surface area contributed by atoms with Crippen LogP contribution in [0, 0.1) is 0 Å². The maximum absolute atomic E-state index is 6.66. The minimum absolute atomic E-state index is 0.0114. The third kappa shape index (κ3) is 6.81. The van der Waals surface area contributed by atoms with E-state index in [4.69, 9.17) is 42.6 Å². The first-order valence-electron chi connectivity index (χ1n) is 10.5. The summed E-state index contributed by atoms with van der Waals surface area (Å²) in [6, 6.07) is 0. The van der Waals surface area contributed by atoms with Gasteiger partial charge in [0, 0.05) is 53.5 Å². The van der Waals surface area contributed by atoms with Crippen LogP contribution in [0.15, 0.2) is 0 Å². The standard InChI is InChI=1S/C20H38O9/c1-7-23-17(24-8-2)19(21-5,11-15-13-27-15)29-20(22-6,12-16-14-28-16)18(25-9-3)26-10-4/h15-18H,7-14H2,1-6H3. The van der Waals surface area contributed by atoms with Crippen LogP contribution in [-0.4, -0.2) is 90.2 Å². The number of ether oxygens (including phenoxy) is 9. The van der Waals surface area contributed by atoms with Crippen LogP contribution in [-0.2, 0) is 42.6 Å². The Hall–Kier alpha value is -0.360. The molecule has 0 aromatic rings. The van der Waals surface area contributed by atoms with Gasteiger partial charge in [0.05, 0.1) is 25.4 Å². The van der Waals surface area contributed by atoms with Gasteiger partial charge in [0.1, 0.15) is 0 Å². The van der Waals surface area contributed by atoms with E-state index in [9.17, 15) is 0 Å². The molecule has 0 aliphatic carbocycles. The van der Waals surface area contributed by atoms with E-state index in [-0.39, 0.29) is 12.2 Å². The number of rotatable bonds is 18. The summed E-state index contributed by atoms with van der Waals surface area (Å²) in [4.78, 5) is 0. The molecule has 0 spiro atoms. The van der Waals surface area contributed by atoms with E-state index in [2.05, 4.69) is 0 Å². The van der Waals surface area contributed by atoms with E-state index < -0.39 is 24.2 Å². The molecule has 172 valence electrons. The largest absolute Gasteiger partial charge is 0.373 e. The minimum atomic E-state index is -1.29. The zero-order valence-electron chi connectivity index (χ0n) is 18.6. The van der Waals surface area contributed by atoms with Gasteiger partial charge in [-0.15, -0.1) is 0 Å². The van der Waals surface area contributed by atoms with Crippen LogP contribution in [0.3, 0.4) is 0 Å². The average Bonchev–Trinajstić information content (AvgIpc) is 3.64. The maximum atomic E-state index is 6.66. The molecule has 0 radical (unpaired) electrons. The van der Waals surface area contributed by atoms with Crippen LogP contribution in [0.2, 0.25) is 0 Å². The van der Waals surface area contributed by atoms with Gasteiger partial charge in [-0.1, -0.05) is 0 Å². The average molecular weight is 423 g/mol. The fraction of sp³-hybridized carbons (Fsp3) is 1.00.